The van der Waals surface area contributed by atoms with E-state index in [1.54, 1.807) is 25.4 Å². The largest absolute Gasteiger partial charge is 0.496 e. The molecule has 1 aliphatic rings. The Morgan fingerprint density at radius 2 is 1.86 bits per heavy atom. The number of rotatable bonds is 7. The molecule has 1 saturated heterocycles. The van der Waals surface area contributed by atoms with Crippen LogP contribution in [0.15, 0.2) is 42.6 Å². The minimum atomic E-state index is -1.01. The molecule has 0 bridgehead atoms. The van der Waals surface area contributed by atoms with Gasteiger partial charge in [0.25, 0.3) is 0 Å². The summed E-state index contributed by atoms with van der Waals surface area (Å²) >= 11 is 0. The third-order valence-corrected chi connectivity index (χ3v) is 6.78. The van der Waals surface area contributed by atoms with Gasteiger partial charge in [-0.1, -0.05) is 0 Å². The van der Waals surface area contributed by atoms with Crippen LogP contribution in [0, 0.1) is 6.92 Å². The fourth-order valence-corrected chi connectivity index (χ4v) is 5.15. The minimum absolute atomic E-state index is 0.115. The number of aryl methyl sites for hydroxylation is 1. The minimum Gasteiger partial charge on any atom is -0.496 e. The Morgan fingerprint density at radius 1 is 1.11 bits per heavy atom. The zero-order valence-corrected chi connectivity index (χ0v) is 20.6. The number of carboxylic acid groups (broad SMARTS) is 1. The van der Waals surface area contributed by atoms with Crippen molar-refractivity contribution in [2.45, 2.75) is 45.3 Å². The Kier molecular flexibility index (Phi) is 7.31. The van der Waals surface area contributed by atoms with Crippen LogP contribution in [0.2, 0.25) is 0 Å². The van der Waals surface area contributed by atoms with Crippen molar-refractivity contribution < 1.29 is 28.9 Å². The Labute approximate surface area is 205 Å². The van der Waals surface area contributed by atoms with Gasteiger partial charge >= 0.3 is 12.1 Å². The summed E-state index contributed by atoms with van der Waals surface area (Å²) in [6.45, 7) is 5.28. The number of carbonyl (C=O) groups is 2. The molecule has 0 aliphatic carbocycles. The van der Waals surface area contributed by atoms with E-state index in [4.69, 9.17) is 14.2 Å². The first kappa shape index (κ1) is 24.6. The first-order chi connectivity index (χ1) is 16.9. The van der Waals surface area contributed by atoms with Gasteiger partial charge in [0.2, 0.25) is 0 Å². The average Bonchev–Trinajstić information content (AvgIpc) is 3.32. The van der Waals surface area contributed by atoms with Gasteiger partial charge < -0.3 is 24.2 Å². The SMILES string of the molecule is CCOC1CCC(Cc2c(OC)cc(C)c3c2ccn3C(=O)O)N(c2ccc(C(=O)OC)cc2)C1. The summed E-state index contributed by atoms with van der Waals surface area (Å²) in [6.07, 6.45) is 3.22. The third kappa shape index (κ3) is 4.84. The van der Waals surface area contributed by atoms with Gasteiger partial charge in [-0.3, -0.25) is 4.57 Å². The second-order valence-electron chi connectivity index (χ2n) is 8.81. The lowest BCUT2D eigenvalue weighted by molar-refractivity contribution is 0.0465. The number of nitrogens with zero attached hydrogens (tertiary/aromatic N) is 2. The fourth-order valence-electron chi connectivity index (χ4n) is 5.15. The number of hydrogen-bond acceptors (Lipinski definition) is 6. The fraction of sp³-hybridized carbons (Fsp3) is 0.407. The van der Waals surface area contributed by atoms with Crippen LogP contribution >= 0.6 is 0 Å². The van der Waals surface area contributed by atoms with Gasteiger partial charge in [-0.05, 0) is 75.1 Å². The number of hydrogen-bond donors (Lipinski definition) is 1. The third-order valence-electron chi connectivity index (χ3n) is 6.78. The molecule has 1 aliphatic heterocycles. The molecule has 1 aromatic heterocycles. The molecule has 2 unspecified atom stereocenters. The van der Waals surface area contributed by atoms with E-state index in [9.17, 15) is 14.7 Å². The van der Waals surface area contributed by atoms with Crippen molar-refractivity contribution in [1.82, 2.24) is 4.57 Å². The monoisotopic (exact) mass is 480 g/mol. The molecular weight excluding hydrogens is 448 g/mol. The summed E-state index contributed by atoms with van der Waals surface area (Å²) in [5, 5.41) is 10.5. The number of ether oxygens (including phenoxy) is 3. The van der Waals surface area contributed by atoms with Crippen molar-refractivity contribution in [2.75, 3.05) is 32.3 Å². The number of methoxy groups -OCH3 is 2. The molecule has 2 aromatic carbocycles. The van der Waals surface area contributed by atoms with E-state index in [2.05, 4.69) is 4.90 Å². The van der Waals surface area contributed by atoms with Gasteiger partial charge in [0.05, 0.1) is 31.4 Å². The summed E-state index contributed by atoms with van der Waals surface area (Å²) in [5.74, 6) is 0.389. The normalized spacial score (nSPS) is 18.0. The van der Waals surface area contributed by atoms with Crippen molar-refractivity contribution in [1.29, 1.82) is 0 Å². The van der Waals surface area contributed by atoms with Gasteiger partial charge in [0.15, 0.2) is 0 Å². The van der Waals surface area contributed by atoms with E-state index in [0.29, 0.717) is 24.1 Å². The highest BCUT2D eigenvalue weighted by atomic mass is 16.5. The van der Waals surface area contributed by atoms with Crippen molar-refractivity contribution in [3.05, 3.63) is 59.3 Å². The lowest BCUT2D eigenvalue weighted by Gasteiger charge is -2.41. The van der Waals surface area contributed by atoms with Crippen LogP contribution in [0.3, 0.4) is 0 Å². The first-order valence-electron chi connectivity index (χ1n) is 11.8. The highest BCUT2D eigenvalue weighted by molar-refractivity contribution is 5.94. The van der Waals surface area contributed by atoms with Gasteiger partial charge in [-0.25, -0.2) is 9.59 Å². The molecule has 2 heterocycles. The molecule has 0 amide bonds. The quantitative estimate of drug-likeness (QED) is 0.482. The molecule has 0 saturated carbocycles. The van der Waals surface area contributed by atoms with E-state index >= 15 is 0 Å². The van der Waals surface area contributed by atoms with E-state index < -0.39 is 6.09 Å². The number of benzene rings is 2. The molecule has 2 atom stereocenters. The number of piperidine rings is 1. The Hall–Kier alpha value is -3.52. The number of carbonyl (C=O) groups excluding carboxylic acids is 1. The lowest BCUT2D eigenvalue weighted by atomic mass is 9.91. The summed E-state index contributed by atoms with van der Waals surface area (Å²) in [6, 6.07) is 11.4. The summed E-state index contributed by atoms with van der Waals surface area (Å²) in [5.41, 5.74) is 4.03. The topological polar surface area (TPSA) is 90.2 Å². The maximum atomic E-state index is 11.9. The Bertz CT molecular complexity index is 1220. The smallest absolute Gasteiger partial charge is 0.416 e. The Balaban J connectivity index is 1.73. The van der Waals surface area contributed by atoms with Crippen LogP contribution in [0.1, 0.15) is 41.3 Å². The molecular formula is C27H32N2O6. The van der Waals surface area contributed by atoms with Crippen molar-refractivity contribution in [3.8, 4) is 5.75 Å². The highest BCUT2D eigenvalue weighted by Gasteiger charge is 2.31. The maximum Gasteiger partial charge on any atom is 0.416 e. The van der Waals surface area contributed by atoms with Gasteiger partial charge in [0.1, 0.15) is 5.75 Å². The number of fused-ring (bicyclic) bond motifs is 1. The summed E-state index contributed by atoms with van der Waals surface area (Å²) in [7, 11) is 3.02. The molecule has 8 nitrogen and oxygen atoms in total. The van der Waals surface area contributed by atoms with Crippen molar-refractivity contribution in [2.24, 2.45) is 0 Å². The van der Waals surface area contributed by atoms with Crippen LogP contribution in [-0.2, 0) is 15.9 Å². The molecule has 1 N–H and O–H groups in total. The van der Waals surface area contributed by atoms with Gasteiger partial charge in [0, 0.05) is 42.0 Å². The van der Waals surface area contributed by atoms with Crippen molar-refractivity contribution >= 4 is 28.7 Å². The Morgan fingerprint density at radius 3 is 2.49 bits per heavy atom. The maximum absolute atomic E-state index is 11.9. The molecule has 1 fully saturated rings. The standard InChI is InChI=1S/C27H32N2O6/c1-5-35-21-11-10-20(29(16-21)19-8-6-18(7-9-19)26(30)34-4)15-23-22-12-13-28(27(31)32)25(22)17(2)14-24(23)33-3/h6-9,12-14,20-21H,5,10-11,15-16H2,1-4H3,(H,31,32). The van der Waals surface area contributed by atoms with E-state index in [1.807, 2.05) is 38.1 Å². The first-order valence-corrected chi connectivity index (χ1v) is 11.8. The van der Waals surface area contributed by atoms with Crippen LogP contribution in [-0.4, -0.2) is 61.3 Å². The number of anilines is 1. The van der Waals surface area contributed by atoms with Crippen LogP contribution in [0.4, 0.5) is 10.5 Å². The second-order valence-corrected chi connectivity index (χ2v) is 8.81. The second kappa shape index (κ2) is 10.4. The predicted octanol–water partition coefficient (Wildman–Crippen LogP) is 4.89. The molecule has 35 heavy (non-hydrogen) atoms. The highest BCUT2D eigenvalue weighted by Crippen LogP contribution is 2.36. The molecule has 186 valence electrons. The van der Waals surface area contributed by atoms with Crippen LogP contribution in [0.25, 0.3) is 10.9 Å². The molecule has 0 radical (unpaired) electrons. The molecule has 0 spiro atoms. The molecule has 3 aromatic rings. The van der Waals surface area contributed by atoms with Gasteiger partial charge in [-0.15, -0.1) is 0 Å². The summed E-state index contributed by atoms with van der Waals surface area (Å²) in [4.78, 5) is 26.0. The van der Waals surface area contributed by atoms with Crippen molar-refractivity contribution in [3.63, 3.8) is 0 Å². The zero-order chi connectivity index (χ0) is 25.1. The zero-order valence-electron chi connectivity index (χ0n) is 20.6. The van der Waals surface area contributed by atoms with Crippen LogP contribution < -0.4 is 9.64 Å². The number of esters is 1. The van der Waals surface area contributed by atoms with E-state index in [0.717, 1.165) is 47.3 Å². The predicted molar refractivity (Wildman–Crippen MR) is 134 cm³/mol. The van der Waals surface area contributed by atoms with Crippen LogP contribution in [0.5, 0.6) is 5.75 Å². The lowest BCUT2D eigenvalue weighted by Crippen LogP contribution is -2.47. The average molecular weight is 481 g/mol. The molecule has 4 rings (SSSR count). The van der Waals surface area contributed by atoms with E-state index in [-0.39, 0.29) is 18.1 Å². The number of aromatic nitrogens is 1. The molecule has 8 heteroatoms. The van der Waals surface area contributed by atoms with E-state index in [1.165, 1.54) is 11.7 Å². The summed E-state index contributed by atoms with van der Waals surface area (Å²) < 4.78 is 17.8. The van der Waals surface area contributed by atoms with Gasteiger partial charge in [-0.2, -0.15) is 0 Å².